The van der Waals surface area contributed by atoms with Crippen LogP contribution in [0, 0.1) is 0 Å². The molecule has 8 heteroatoms. The smallest absolute Gasteiger partial charge is 0.180 e. The molecule has 2 aromatic rings. The number of benzene rings is 2. The first-order valence-electron chi connectivity index (χ1n) is 9.80. The number of ether oxygens (including phenoxy) is 3. The fourth-order valence-corrected chi connectivity index (χ4v) is 3.52. The van der Waals surface area contributed by atoms with Crippen LogP contribution in [0.4, 0.5) is 0 Å². The lowest BCUT2D eigenvalue weighted by Crippen LogP contribution is -3.00. The van der Waals surface area contributed by atoms with E-state index < -0.39 is 0 Å². The Kier molecular flexibility index (Phi) is 13.2. The first-order chi connectivity index (χ1) is 13.8. The summed E-state index contributed by atoms with van der Waals surface area (Å²) < 4.78 is 16.8. The van der Waals surface area contributed by atoms with E-state index in [9.17, 15) is 0 Å². The number of morpholine rings is 1. The molecular weight excluding hydrogens is 447 g/mol. The third-order valence-corrected chi connectivity index (χ3v) is 5.06. The van der Waals surface area contributed by atoms with E-state index in [1.54, 1.807) is 7.11 Å². The van der Waals surface area contributed by atoms with Gasteiger partial charge in [0, 0.05) is 19.6 Å². The fraction of sp³-hybridized carbons (Fsp3) is 0.455. The summed E-state index contributed by atoms with van der Waals surface area (Å²) in [6.07, 6.45) is 1.11. The van der Waals surface area contributed by atoms with Crippen molar-refractivity contribution in [2.75, 3.05) is 46.5 Å². The van der Waals surface area contributed by atoms with Crippen molar-refractivity contribution < 1.29 is 39.0 Å². The lowest BCUT2D eigenvalue weighted by molar-refractivity contribution is -0.00100. The Morgan fingerprint density at radius 3 is 2.50 bits per heavy atom. The fourth-order valence-electron chi connectivity index (χ4n) is 3.23. The van der Waals surface area contributed by atoms with E-state index >= 15 is 0 Å². The van der Waals surface area contributed by atoms with E-state index in [2.05, 4.69) is 10.2 Å². The van der Waals surface area contributed by atoms with E-state index in [0.29, 0.717) is 23.1 Å². The van der Waals surface area contributed by atoms with Crippen molar-refractivity contribution in [2.45, 2.75) is 19.6 Å². The average Bonchev–Trinajstić information content (AvgIpc) is 2.74. The third kappa shape index (κ3) is 8.50. The first kappa shape index (κ1) is 26.8. The zero-order valence-electron chi connectivity index (χ0n) is 17.2. The van der Waals surface area contributed by atoms with Gasteiger partial charge in [-0.3, -0.25) is 4.90 Å². The molecule has 0 aromatic heterocycles. The Balaban J connectivity index is 0.00000225. The molecule has 0 bridgehead atoms. The molecule has 0 amide bonds. The summed E-state index contributed by atoms with van der Waals surface area (Å²) in [7, 11) is 1.64. The van der Waals surface area contributed by atoms with Crippen LogP contribution in [-0.2, 0) is 17.9 Å². The van der Waals surface area contributed by atoms with Gasteiger partial charge in [0.1, 0.15) is 6.61 Å². The van der Waals surface area contributed by atoms with Crippen LogP contribution in [0.1, 0.15) is 17.5 Å². The number of hydrogen-bond donors (Lipinski definition) is 1. The van der Waals surface area contributed by atoms with Crippen LogP contribution in [0.5, 0.6) is 11.5 Å². The average molecular weight is 476 g/mol. The van der Waals surface area contributed by atoms with Crippen molar-refractivity contribution >= 4 is 11.6 Å². The topological polar surface area (TPSA) is 43.0 Å². The van der Waals surface area contributed by atoms with E-state index in [0.717, 1.165) is 63.5 Å². The van der Waals surface area contributed by atoms with Crippen LogP contribution in [0.2, 0.25) is 5.02 Å². The molecule has 0 aliphatic carbocycles. The van der Waals surface area contributed by atoms with Gasteiger partial charge in [0.2, 0.25) is 0 Å². The molecule has 1 aliphatic rings. The molecule has 5 nitrogen and oxygen atoms in total. The van der Waals surface area contributed by atoms with Gasteiger partial charge < -0.3 is 44.3 Å². The van der Waals surface area contributed by atoms with Crippen LogP contribution in [0.3, 0.4) is 0 Å². The Morgan fingerprint density at radius 2 is 1.80 bits per heavy atom. The molecule has 1 N–H and O–H groups in total. The summed E-state index contributed by atoms with van der Waals surface area (Å²) in [6, 6.07) is 13.9. The molecule has 0 radical (unpaired) electrons. The van der Waals surface area contributed by atoms with Crippen molar-refractivity contribution in [2.24, 2.45) is 0 Å². The van der Waals surface area contributed by atoms with Gasteiger partial charge in [-0.05, 0) is 42.8 Å². The largest absolute Gasteiger partial charge is 1.00 e. The van der Waals surface area contributed by atoms with Crippen LogP contribution < -0.4 is 39.6 Å². The van der Waals surface area contributed by atoms with E-state index in [1.807, 2.05) is 42.5 Å². The maximum absolute atomic E-state index is 6.47. The summed E-state index contributed by atoms with van der Waals surface area (Å²) in [5.41, 5.74) is 2.17. The van der Waals surface area contributed by atoms with Crippen LogP contribution in [-0.4, -0.2) is 51.4 Å². The lowest BCUT2D eigenvalue weighted by atomic mass is 10.2. The minimum absolute atomic E-state index is 0. The lowest BCUT2D eigenvalue weighted by Gasteiger charge is -2.26. The Morgan fingerprint density at radius 1 is 1.07 bits per heavy atom. The highest BCUT2D eigenvalue weighted by Gasteiger charge is 2.13. The van der Waals surface area contributed by atoms with Gasteiger partial charge in [0.25, 0.3) is 0 Å². The highest BCUT2D eigenvalue weighted by molar-refractivity contribution is 6.32. The molecule has 0 saturated carbocycles. The monoisotopic (exact) mass is 474 g/mol. The molecule has 1 heterocycles. The van der Waals surface area contributed by atoms with Crippen molar-refractivity contribution in [3.63, 3.8) is 0 Å². The highest BCUT2D eigenvalue weighted by Crippen LogP contribution is 2.37. The predicted octanol–water partition coefficient (Wildman–Crippen LogP) is -2.25. The van der Waals surface area contributed by atoms with E-state index in [-0.39, 0.29) is 24.8 Å². The van der Waals surface area contributed by atoms with Crippen LogP contribution in [0.15, 0.2) is 42.5 Å². The second kappa shape index (κ2) is 14.7. The SMILES string of the molecule is COc1cc(CNCCCN2CCOCC2)cc(Cl)c1OCc1ccccc1.[Cl-].[Cl-]. The molecule has 3 rings (SSSR count). The van der Waals surface area contributed by atoms with Gasteiger partial charge in [-0.1, -0.05) is 41.9 Å². The zero-order chi connectivity index (χ0) is 19.6. The van der Waals surface area contributed by atoms with E-state index in [4.69, 9.17) is 25.8 Å². The molecule has 168 valence electrons. The Bertz CT molecular complexity index is 729. The van der Waals surface area contributed by atoms with Gasteiger partial charge in [-0.2, -0.15) is 0 Å². The maximum Gasteiger partial charge on any atom is 0.180 e. The van der Waals surface area contributed by atoms with Gasteiger partial charge in [0.05, 0.1) is 25.3 Å². The molecule has 0 atom stereocenters. The summed E-state index contributed by atoms with van der Waals surface area (Å²) in [6.45, 7) is 7.05. The van der Waals surface area contributed by atoms with Crippen molar-refractivity contribution in [3.05, 3.63) is 58.6 Å². The number of methoxy groups -OCH3 is 1. The zero-order valence-corrected chi connectivity index (χ0v) is 19.5. The summed E-state index contributed by atoms with van der Waals surface area (Å²) in [5.74, 6) is 1.25. The molecule has 30 heavy (non-hydrogen) atoms. The van der Waals surface area contributed by atoms with Gasteiger partial charge in [0.15, 0.2) is 11.5 Å². The first-order valence-corrected chi connectivity index (χ1v) is 10.2. The minimum atomic E-state index is 0. The van der Waals surface area contributed by atoms with Crippen LogP contribution in [0.25, 0.3) is 0 Å². The Hall–Kier alpha value is -1.21. The number of rotatable bonds is 10. The van der Waals surface area contributed by atoms with Gasteiger partial charge in [-0.15, -0.1) is 0 Å². The summed E-state index contributed by atoms with van der Waals surface area (Å²) in [5, 5.41) is 4.05. The number of hydrogen-bond acceptors (Lipinski definition) is 5. The minimum Gasteiger partial charge on any atom is -1.00 e. The summed E-state index contributed by atoms with van der Waals surface area (Å²) >= 11 is 6.47. The van der Waals surface area contributed by atoms with E-state index in [1.165, 1.54) is 0 Å². The highest BCUT2D eigenvalue weighted by atomic mass is 35.5. The van der Waals surface area contributed by atoms with Crippen molar-refractivity contribution in [1.82, 2.24) is 10.2 Å². The second-order valence-corrected chi connectivity index (χ2v) is 7.27. The molecule has 1 saturated heterocycles. The van der Waals surface area contributed by atoms with Crippen LogP contribution >= 0.6 is 11.6 Å². The molecule has 2 aromatic carbocycles. The van der Waals surface area contributed by atoms with Crippen molar-refractivity contribution in [1.29, 1.82) is 0 Å². The molecule has 0 spiro atoms. The van der Waals surface area contributed by atoms with Crippen molar-refractivity contribution in [3.8, 4) is 11.5 Å². The predicted molar refractivity (Wildman–Crippen MR) is 112 cm³/mol. The summed E-state index contributed by atoms with van der Waals surface area (Å²) in [4.78, 5) is 2.45. The number of halogens is 3. The quantitative estimate of drug-likeness (QED) is 0.393. The van der Waals surface area contributed by atoms with Gasteiger partial charge in [-0.25, -0.2) is 0 Å². The third-order valence-electron chi connectivity index (χ3n) is 4.78. The normalized spacial score (nSPS) is 13.8. The molecular formula is C22H29Cl3N2O3-2. The number of nitrogens with one attached hydrogen (secondary N) is 1. The standard InChI is InChI=1S/C22H29ClN2O3.2ClH/c1-26-21-15-19(16-24-8-5-9-25-10-12-27-13-11-25)14-20(23)22(21)28-17-18-6-3-2-4-7-18;;/h2-4,6-7,14-15,24H,5,8-13,16-17H2,1H3;2*1H/p-2. The Labute approximate surface area is 196 Å². The number of nitrogens with zero attached hydrogens (tertiary/aromatic N) is 1. The van der Waals surface area contributed by atoms with Gasteiger partial charge >= 0.3 is 0 Å². The molecule has 1 aliphatic heterocycles. The second-order valence-electron chi connectivity index (χ2n) is 6.87. The maximum atomic E-state index is 6.47. The molecule has 0 unspecified atom stereocenters. The molecule has 1 fully saturated rings.